The number of esters is 1. The number of ether oxygens (including phenoxy) is 3. The zero-order valence-electron chi connectivity index (χ0n) is 23.1. The average Bonchev–Trinajstić information content (AvgIpc) is 3.49. The van der Waals surface area contributed by atoms with Crippen LogP contribution in [0.1, 0.15) is 23.0 Å². The SMILES string of the molecule is CCOC(=O)c1ccc(-c2ccc(/C=N/NC(=O)CN(c3cc(OC)ccc3OC)S(=O)(=O)c3ccccc3)o2)cc1. The number of amides is 1. The number of benzene rings is 3. The molecule has 0 unspecified atom stereocenters. The van der Waals surface area contributed by atoms with Gasteiger partial charge in [0.1, 0.15) is 29.6 Å². The lowest BCUT2D eigenvalue weighted by Gasteiger charge is -2.25. The fourth-order valence-electron chi connectivity index (χ4n) is 3.91. The molecule has 0 spiro atoms. The number of sulfonamides is 1. The monoisotopic (exact) mass is 591 g/mol. The van der Waals surface area contributed by atoms with E-state index in [1.807, 2.05) is 0 Å². The van der Waals surface area contributed by atoms with Crippen LogP contribution in [0.2, 0.25) is 0 Å². The lowest BCUT2D eigenvalue weighted by atomic mass is 10.1. The van der Waals surface area contributed by atoms with Gasteiger partial charge in [0.05, 0.1) is 43.2 Å². The van der Waals surface area contributed by atoms with Gasteiger partial charge in [-0.1, -0.05) is 30.3 Å². The Labute approximate surface area is 243 Å². The quantitative estimate of drug-likeness (QED) is 0.145. The number of anilines is 1. The Hall–Kier alpha value is -5.10. The maximum absolute atomic E-state index is 13.6. The minimum absolute atomic E-state index is 0.00965. The van der Waals surface area contributed by atoms with Crippen molar-refractivity contribution >= 4 is 33.8 Å². The Morgan fingerprint density at radius 2 is 1.69 bits per heavy atom. The number of rotatable bonds is 12. The predicted octanol–water partition coefficient (Wildman–Crippen LogP) is 4.49. The summed E-state index contributed by atoms with van der Waals surface area (Å²) in [5.74, 6) is 0.335. The van der Waals surface area contributed by atoms with Crippen LogP contribution < -0.4 is 19.2 Å². The molecular weight excluding hydrogens is 562 g/mol. The van der Waals surface area contributed by atoms with Crippen LogP contribution in [0.4, 0.5) is 5.69 Å². The van der Waals surface area contributed by atoms with E-state index < -0.39 is 28.4 Å². The minimum atomic E-state index is -4.19. The van der Waals surface area contributed by atoms with Crippen molar-refractivity contribution < 1.29 is 36.6 Å². The van der Waals surface area contributed by atoms with Gasteiger partial charge in [-0.25, -0.2) is 18.6 Å². The van der Waals surface area contributed by atoms with E-state index in [-0.39, 0.29) is 22.9 Å². The van der Waals surface area contributed by atoms with Crippen molar-refractivity contribution in [3.05, 3.63) is 96.3 Å². The smallest absolute Gasteiger partial charge is 0.338 e. The van der Waals surface area contributed by atoms with Crippen LogP contribution in [0.5, 0.6) is 11.5 Å². The van der Waals surface area contributed by atoms with Gasteiger partial charge in [0.15, 0.2) is 0 Å². The molecule has 1 aromatic heterocycles. The van der Waals surface area contributed by atoms with Gasteiger partial charge in [0, 0.05) is 11.6 Å². The van der Waals surface area contributed by atoms with Gasteiger partial charge >= 0.3 is 5.97 Å². The standard InChI is InChI=1S/C30H29N3O8S/c1-4-40-30(35)22-12-10-21(11-13-22)27-16-15-24(41-27)19-31-32-29(34)20-33(42(36,37)25-8-6-5-7-9-25)26-18-23(38-2)14-17-28(26)39-3/h5-19H,4,20H2,1-3H3,(H,32,34)/b31-19+. The molecule has 0 atom stereocenters. The maximum atomic E-state index is 13.6. The molecule has 1 heterocycles. The topological polar surface area (TPSA) is 137 Å². The molecule has 0 saturated heterocycles. The summed E-state index contributed by atoms with van der Waals surface area (Å²) in [4.78, 5) is 24.8. The normalized spacial score (nSPS) is 11.2. The van der Waals surface area contributed by atoms with Gasteiger partial charge < -0.3 is 18.6 Å². The Bertz CT molecular complexity index is 1670. The first-order valence-electron chi connectivity index (χ1n) is 12.8. The molecule has 0 fully saturated rings. The highest BCUT2D eigenvalue weighted by Gasteiger charge is 2.30. The average molecular weight is 592 g/mol. The highest BCUT2D eigenvalue weighted by atomic mass is 32.2. The summed E-state index contributed by atoms with van der Waals surface area (Å²) in [5, 5.41) is 3.93. The zero-order valence-corrected chi connectivity index (χ0v) is 24.0. The van der Waals surface area contributed by atoms with Crippen LogP contribution in [-0.4, -0.2) is 53.9 Å². The number of methoxy groups -OCH3 is 2. The molecule has 0 aliphatic rings. The van der Waals surface area contributed by atoms with Crippen LogP contribution in [-0.2, 0) is 19.6 Å². The number of hydrogen-bond acceptors (Lipinski definition) is 9. The maximum Gasteiger partial charge on any atom is 0.338 e. The van der Waals surface area contributed by atoms with E-state index in [0.29, 0.717) is 22.8 Å². The highest BCUT2D eigenvalue weighted by molar-refractivity contribution is 7.92. The van der Waals surface area contributed by atoms with Crippen molar-refractivity contribution in [2.24, 2.45) is 5.10 Å². The third kappa shape index (κ3) is 6.96. The summed E-state index contributed by atoms with van der Waals surface area (Å²) in [6.07, 6.45) is 1.29. The molecule has 42 heavy (non-hydrogen) atoms. The van der Waals surface area contributed by atoms with E-state index in [1.54, 1.807) is 73.7 Å². The highest BCUT2D eigenvalue weighted by Crippen LogP contribution is 2.35. The van der Waals surface area contributed by atoms with Crippen LogP contribution in [0, 0.1) is 0 Å². The third-order valence-electron chi connectivity index (χ3n) is 5.96. The summed E-state index contributed by atoms with van der Waals surface area (Å²) in [5.41, 5.74) is 3.60. The van der Waals surface area contributed by atoms with Gasteiger partial charge in [-0.15, -0.1) is 0 Å². The number of carbonyl (C=O) groups is 2. The molecule has 1 amide bonds. The summed E-state index contributed by atoms with van der Waals surface area (Å²) < 4.78 is 49.6. The summed E-state index contributed by atoms with van der Waals surface area (Å²) in [6.45, 7) is 1.42. The molecule has 218 valence electrons. The first-order chi connectivity index (χ1) is 20.3. The number of hydrogen-bond donors (Lipinski definition) is 1. The molecule has 12 heteroatoms. The molecule has 0 aliphatic carbocycles. The van der Waals surface area contributed by atoms with Crippen LogP contribution >= 0.6 is 0 Å². The predicted molar refractivity (Wildman–Crippen MR) is 156 cm³/mol. The van der Waals surface area contributed by atoms with Gasteiger partial charge in [-0.05, 0) is 55.5 Å². The van der Waals surface area contributed by atoms with Crippen molar-refractivity contribution in [1.29, 1.82) is 0 Å². The first kappa shape index (κ1) is 29.9. The summed E-state index contributed by atoms with van der Waals surface area (Å²) in [6, 6.07) is 22.5. The Morgan fingerprint density at radius 3 is 2.36 bits per heavy atom. The molecule has 0 radical (unpaired) electrons. The van der Waals surface area contributed by atoms with Gasteiger partial charge in [0.25, 0.3) is 15.9 Å². The van der Waals surface area contributed by atoms with E-state index in [2.05, 4.69) is 10.5 Å². The molecule has 3 aromatic carbocycles. The Balaban J connectivity index is 1.51. The third-order valence-corrected chi connectivity index (χ3v) is 7.74. The lowest BCUT2D eigenvalue weighted by molar-refractivity contribution is -0.119. The molecule has 11 nitrogen and oxygen atoms in total. The number of hydrazone groups is 1. The van der Waals surface area contributed by atoms with E-state index in [1.165, 1.54) is 38.6 Å². The lowest BCUT2D eigenvalue weighted by Crippen LogP contribution is -2.39. The second kappa shape index (κ2) is 13.5. The molecule has 1 N–H and O–H groups in total. The second-order valence-electron chi connectivity index (χ2n) is 8.66. The first-order valence-corrected chi connectivity index (χ1v) is 14.2. The van der Waals surface area contributed by atoms with Crippen molar-refractivity contribution in [2.45, 2.75) is 11.8 Å². The van der Waals surface area contributed by atoms with Gasteiger partial charge in [0.2, 0.25) is 0 Å². The largest absolute Gasteiger partial charge is 0.497 e. The molecule has 0 bridgehead atoms. The summed E-state index contributed by atoms with van der Waals surface area (Å²) in [7, 11) is -1.34. The van der Waals surface area contributed by atoms with E-state index >= 15 is 0 Å². The van der Waals surface area contributed by atoms with Crippen LogP contribution in [0.15, 0.2) is 99.3 Å². The molecule has 0 aliphatic heterocycles. The van der Waals surface area contributed by atoms with E-state index in [0.717, 1.165) is 9.87 Å². The van der Waals surface area contributed by atoms with Crippen molar-refractivity contribution in [3.63, 3.8) is 0 Å². The fourth-order valence-corrected chi connectivity index (χ4v) is 5.35. The zero-order chi connectivity index (χ0) is 30.1. The van der Waals surface area contributed by atoms with Crippen molar-refractivity contribution in [3.8, 4) is 22.8 Å². The van der Waals surface area contributed by atoms with E-state index in [4.69, 9.17) is 18.6 Å². The van der Waals surface area contributed by atoms with Crippen LogP contribution in [0.3, 0.4) is 0 Å². The number of nitrogens with one attached hydrogen (secondary N) is 1. The van der Waals surface area contributed by atoms with Crippen LogP contribution in [0.25, 0.3) is 11.3 Å². The molecule has 4 aromatic rings. The Kier molecular flexibility index (Phi) is 9.61. The molecular formula is C30H29N3O8S. The summed E-state index contributed by atoms with van der Waals surface area (Å²) >= 11 is 0. The number of carbonyl (C=O) groups excluding carboxylic acids is 2. The van der Waals surface area contributed by atoms with Gasteiger partial charge in [-0.3, -0.25) is 9.10 Å². The minimum Gasteiger partial charge on any atom is -0.497 e. The van der Waals surface area contributed by atoms with Crippen molar-refractivity contribution in [1.82, 2.24) is 5.43 Å². The molecule has 4 rings (SSSR count). The Morgan fingerprint density at radius 1 is 0.952 bits per heavy atom. The van der Waals surface area contributed by atoms with Crippen molar-refractivity contribution in [2.75, 3.05) is 31.7 Å². The second-order valence-corrected chi connectivity index (χ2v) is 10.5. The number of furan rings is 1. The number of nitrogens with zero attached hydrogens (tertiary/aromatic N) is 2. The molecule has 0 saturated carbocycles. The van der Waals surface area contributed by atoms with E-state index in [9.17, 15) is 18.0 Å². The fraction of sp³-hybridized carbons (Fsp3) is 0.167. The van der Waals surface area contributed by atoms with Gasteiger partial charge in [-0.2, -0.15) is 5.10 Å².